The van der Waals surface area contributed by atoms with Gasteiger partial charge in [0, 0.05) is 15.7 Å². The Labute approximate surface area is 125 Å². The summed E-state index contributed by atoms with van der Waals surface area (Å²) < 4.78 is 14.2. The molecule has 0 unspecified atom stereocenters. The van der Waals surface area contributed by atoms with Crippen LogP contribution in [0.15, 0.2) is 46.9 Å². The van der Waals surface area contributed by atoms with E-state index in [4.69, 9.17) is 5.73 Å². The summed E-state index contributed by atoms with van der Waals surface area (Å²) >= 11 is 3.36. The van der Waals surface area contributed by atoms with E-state index in [1.54, 1.807) is 0 Å². The van der Waals surface area contributed by atoms with Gasteiger partial charge in [0.15, 0.2) is 0 Å². The van der Waals surface area contributed by atoms with Crippen LogP contribution in [-0.2, 0) is 0 Å². The van der Waals surface area contributed by atoms with Crippen LogP contribution in [0.5, 0.6) is 0 Å². The lowest BCUT2D eigenvalue weighted by atomic mass is 10.1. The van der Waals surface area contributed by atoms with E-state index in [0.717, 1.165) is 10.0 Å². The maximum absolute atomic E-state index is 13.2. The first-order chi connectivity index (χ1) is 9.45. The van der Waals surface area contributed by atoms with E-state index in [9.17, 15) is 9.18 Å². The van der Waals surface area contributed by atoms with Crippen molar-refractivity contribution in [1.29, 1.82) is 0 Å². The van der Waals surface area contributed by atoms with Gasteiger partial charge < -0.3 is 11.1 Å². The summed E-state index contributed by atoms with van der Waals surface area (Å²) in [7, 11) is 0. The number of rotatable bonds is 3. The molecule has 0 aromatic heterocycles. The monoisotopic (exact) mass is 336 g/mol. The van der Waals surface area contributed by atoms with Crippen LogP contribution in [0.25, 0.3) is 0 Å². The van der Waals surface area contributed by atoms with Gasteiger partial charge in [-0.15, -0.1) is 0 Å². The van der Waals surface area contributed by atoms with Crippen LogP contribution >= 0.6 is 15.9 Å². The number of carbonyl (C=O) groups excluding carboxylic acids is 1. The molecule has 1 amide bonds. The van der Waals surface area contributed by atoms with E-state index in [1.165, 1.54) is 18.2 Å². The molecule has 0 aliphatic carbocycles. The average Bonchev–Trinajstić information content (AvgIpc) is 2.38. The quantitative estimate of drug-likeness (QED) is 0.840. The van der Waals surface area contributed by atoms with E-state index in [2.05, 4.69) is 21.2 Å². The number of amides is 1. The number of carbonyl (C=O) groups is 1. The van der Waals surface area contributed by atoms with Gasteiger partial charge in [0.2, 0.25) is 0 Å². The zero-order chi connectivity index (χ0) is 14.7. The van der Waals surface area contributed by atoms with E-state index < -0.39 is 5.82 Å². The summed E-state index contributed by atoms with van der Waals surface area (Å²) in [4.78, 5) is 12.1. The molecule has 2 aromatic rings. The Morgan fingerprint density at radius 3 is 2.50 bits per heavy atom. The van der Waals surface area contributed by atoms with Crippen LogP contribution in [-0.4, -0.2) is 5.91 Å². The summed E-state index contributed by atoms with van der Waals surface area (Å²) in [6.45, 7) is 1.86. The van der Waals surface area contributed by atoms with Gasteiger partial charge in [-0.05, 0) is 42.8 Å². The lowest BCUT2D eigenvalue weighted by Gasteiger charge is -2.14. The Balaban J connectivity index is 2.12. The third-order valence-electron chi connectivity index (χ3n) is 2.90. The number of hydrogen-bond donors (Lipinski definition) is 2. The fourth-order valence-electron chi connectivity index (χ4n) is 1.86. The highest BCUT2D eigenvalue weighted by Crippen LogP contribution is 2.18. The minimum absolute atomic E-state index is 0.180. The molecule has 2 rings (SSSR count). The molecule has 2 aromatic carbocycles. The topological polar surface area (TPSA) is 55.1 Å². The molecule has 104 valence electrons. The van der Waals surface area contributed by atoms with Crippen LogP contribution in [0.1, 0.15) is 28.9 Å². The van der Waals surface area contributed by atoms with Crippen LogP contribution < -0.4 is 11.1 Å². The zero-order valence-electron chi connectivity index (χ0n) is 10.9. The van der Waals surface area contributed by atoms with Crippen molar-refractivity contribution in [2.45, 2.75) is 13.0 Å². The summed E-state index contributed by atoms with van der Waals surface area (Å²) in [5.74, 6) is -0.877. The highest BCUT2D eigenvalue weighted by atomic mass is 79.9. The molecule has 3 N–H and O–H groups in total. The Morgan fingerprint density at radius 2 is 1.90 bits per heavy atom. The molecule has 5 heteroatoms. The number of nitrogen functional groups attached to an aromatic ring is 1. The summed E-state index contributed by atoms with van der Waals surface area (Å²) in [6, 6.07) is 11.2. The Hall–Kier alpha value is -1.88. The van der Waals surface area contributed by atoms with Crippen LogP contribution in [0.2, 0.25) is 0 Å². The molecule has 3 nitrogen and oxygen atoms in total. The first-order valence-electron chi connectivity index (χ1n) is 6.08. The molecular weight excluding hydrogens is 323 g/mol. The summed E-state index contributed by atoms with van der Waals surface area (Å²) in [6.07, 6.45) is 0. The van der Waals surface area contributed by atoms with Crippen molar-refractivity contribution in [2.75, 3.05) is 5.73 Å². The average molecular weight is 337 g/mol. The predicted octanol–water partition coefficient (Wildman–Crippen LogP) is 3.66. The molecule has 0 saturated heterocycles. The minimum Gasteiger partial charge on any atom is -0.399 e. The number of nitrogens with two attached hydrogens (primary N) is 1. The first-order valence-corrected chi connectivity index (χ1v) is 6.87. The van der Waals surface area contributed by atoms with Gasteiger partial charge in [0.05, 0.1) is 6.04 Å². The Morgan fingerprint density at radius 1 is 1.25 bits per heavy atom. The molecule has 1 atom stereocenters. The third kappa shape index (κ3) is 3.57. The van der Waals surface area contributed by atoms with Gasteiger partial charge in [0.25, 0.3) is 5.91 Å². The van der Waals surface area contributed by atoms with Crippen molar-refractivity contribution in [1.82, 2.24) is 5.32 Å². The van der Waals surface area contributed by atoms with Crippen molar-refractivity contribution >= 4 is 27.5 Å². The maximum Gasteiger partial charge on any atom is 0.251 e. The predicted molar refractivity (Wildman–Crippen MR) is 80.8 cm³/mol. The molecule has 0 aliphatic rings. The zero-order valence-corrected chi connectivity index (χ0v) is 12.4. The van der Waals surface area contributed by atoms with Crippen LogP contribution in [0, 0.1) is 5.82 Å². The van der Waals surface area contributed by atoms with Gasteiger partial charge in [-0.3, -0.25) is 4.79 Å². The number of nitrogens with one attached hydrogen (secondary N) is 1. The van der Waals surface area contributed by atoms with Crippen LogP contribution in [0.3, 0.4) is 0 Å². The lowest BCUT2D eigenvalue weighted by Crippen LogP contribution is -2.26. The van der Waals surface area contributed by atoms with Crippen molar-refractivity contribution in [3.63, 3.8) is 0 Å². The molecule has 0 bridgehead atoms. The molecule has 0 radical (unpaired) electrons. The Kier molecular flexibility index (Phi) is 4.39. The second kappa shape index (κ2) is 6.05. The normalized spacial score (nSPS) is 11.9. The summed E-state index contributed by atoms with van der Waals surface area (Å²) in [5.41, 5.74) is 6.94. The van der Waals surface area contributed by atoms with Gasteiger partial charge >= 0.3 is 0 Å². The molecule has 0 spiro atoms. The minimum atomic E-state index is -0.522. The second-order valence-corrected chi connectivity index (χ2v) is 5.44. The van der Waals surface area contributed by atoms with E-state index in [0.29, 0.717) is 0 Å². The molecular formula is C15H14BrFN2O. The molecule has 0 saturated carbocycles. The maximum atomic E-state index is 13.2. The van der Waals surface area contributed by atoms with Crippen molar-refractivity contribution in [3.8, 4) is 0 Å². The fourth-order valence-corrected chi connectivity index (χ4v) is 2.12. The van der Waals surface area contributed by atoms with E-state index >= 15 is 0 Å². The van der Waals surface area contributed by atoms with Crippen molar-refractivity contribution in [2.24, 2.45) is 0 Å². The highest BCUT2D eigenvalue weighted by molar-refractivity contribution is 9.10. The Bertz CT molecular complexity index is 608. The number of hydrogen-bond acceptors (Lipinski definition) is 2. The van der Waals surface area contributed by atoms with Crippen molar-refractivity contribution in [3.05, 3.63) is 63.9 Å². The fraction of sp³-hybridized carbons (Fsp3) is 0.133. The summed E-state index contributed by atoms with van der Waals surface area (Å²) in [5, 5.41) is 2.81. The molecule has 0 heterocycles. The lowest BCUT2D eigenvalue weighted by molar-refractivity contribution is 0.0939. The molecule has 0 aliphatic heterocycles. The standard InChI is InChI=1S/C15H14BrFN2O/c1-9(10-2-4-12(16)5-3-10)19-15(20)11-6-13(17)8-14(18)7-11/h2-9H,18H2,1H3,(H,19,20)/t9-/m1/s1. The number of benzene rings is 2. The largest absolute Gasteiger partial charge is 0.399 e. The number of halogens is 2. The number of anilines is 1. The highest BCUT2D eigenvalue weighted by Gasteiger charge is 2.12. The van der Waals surface area contributed by atoms with E-state index in [1.807, 2.05) is 31.2 Å². The van der Waals surface area contributed by atoms with Crippen molar-refractivity contribution < 1.29 is 9.18 Å². The molecule has 20 heavy (non-hydrogen) atoms. The van der Waals surface area contributed by atoms with Gasteiger partial charge in [-0.2, -0.15) is 0 Å². The molecule has 0 fully saturated rings. The van der Waals surface area contributed by atoms with E-state index in [-0.39, 0.29) is 23.2 Å². The van der Waals surface area contributed by atoms with Gasteiger partial charge in [-0.1, -0.05) is 28.1 Å². The van der Waals surface area contributed by atoms with Gasteiger partial charge in [-0.25, -0.2) is 4.39 Å². The van der Waals surface area contributed by atoms with Crippen LogP contribution in [0.4, 0.5) is 10.1 Å². The smallest absolute Gasteiger partial charge is 0.251 e. The first kappa shape index (κ1) is 14.5. The van der Waals surface area contributed by atoms with Gasteiger partial charge in [0.1, 0.15) is 5.82 Å². The second-order valence-electron chi connectivity index (χ2n) is 4.52. The SMILES string of the molecule is C[C@@H](NC(=O)c1cc(N)cc(F)c1)c1ccc(Br)cc1. The third-order valence-corrected chi connectivity index (χ3v) is 3.43.